The van der Waals surface area contributed by atoms with Crippen molar-refractivity contribution in [3.05, 3.63) is 34.5 Å². The third kappa shape index (κ3) is 3.63. The number of hydrogen-bond donors (Lipinski definition) is 0. The highest BCUT2D eigenvalue weighted by atomic mass is 32.2. The number of thiophene rings is 1. The summed E-state index contributed by atoms with van der Waals surface area (Å²) in [6.45, 7) is 2.55. The number of ether oxygens (including phenoxy) is 1. The fraction of sp³-hybridized carbons (Fsp3) is 0.500. The van der Waals surface area contributed by atoms with Crippen LogP contribution in [0.1, 0.15) is 35.0 Å². The molecule has 0 saturated carbocycles. The maximum absolute atomic E-state index is 14.3. The summed E-state index contributed by atoms with van der Waals surface area (Å²) in [6, 6.07) is 4.45. The molecule has 1 amide bonds. The van der Waals surface area contributed by atoms with E-state index in [0.29, 0.717) is 33.5 Å². The molecule has 5 nitrogen and oxygen atoms in total. The number of hydrogen-bond acceptors (Lipinski definition) is 5. The van der Waals surface area contributed by atoms with E-state index in [1.54, 1.807) is 17.0 Å². The normalized spacial score (nSPS) is 19.1. The minimum atomic E-state index is -3.10. The number of carbonyl (C=O) groups excluding carboxylic acids is 1. The highest BCUT2D eigenvalue weighted by Gasteiger charge is 2.36. The quantitative estimate of drug-likeness (QED) is 0.748. The number of halogens is 1. The summed E-state index contributed by atoms with van der Waals surface area (Å²) in [5.74, 6) is -0.508. The summed E-state index contributed by atoms with van der Waals surface area (Å²) in [7, 11) is -1.60. The zero-order valence-corrected chi connectivity index (χ0v) is 16.5. The Hall–Kier alpha value is -1.51. The summed E-state index contributed by atoms with van der Waals surface area (Å²) >= 11 is 1.24. The fourth-order valence-electron chi connectivity index (χ4n) is 3.46. The van der Waals surface area contributed by atoms with E-state index in [1.807, 2.05) is 6.92 Å². The number of sulfone groups is 1. The molecular formula is C18H22FNO4S2. The number of carbonyl (C=O) groups is 1. The summed E-state index contributed by atoms with van der Waals surface area (Å²) in [4.78, 5) is 15.4. The van der Waals surface area contributed by atoms with Gasteiger partial charge in [0.05, 0.1) is 23.0 Å². The number of nitrogens with zero attached hydrogens (tertiary/aromatic N) is 1. The average Bonchev–Trinajstić information content (AvgIpc) is 3.14. The summed E-state index contributed by atoms with van der Waals surface area (Å²) < 4.78 is 44.0. The Kier molecular flexibility index (Phi) is 5.64. The Labute approximate surface area is 156 Å². The van der Waals surface area contributed by atoms with Gasteiger partial charge in [-0.1, -0.05) is 13.0 Å². The molecule has 1 fully saturated rings. The fourth-order valence-corrected chi connectivity index (χ4v) is 6.37. The second-order valence-corrected chi connectivity index (χ2v) is 9.79. The third-order valence-corrected chi connectivity index (χ3v) is 7.56. The molecule has 1 saturated heterocycles. The van der Waals surface area contributed by atoms with Gasteiger partial charge in [0, 0.05) is 35.3 Å². The highest BCUT2D eigenvalue weighted by Crippen LogP contribution is 2.35. The SMILES string of the molecule is CCCN(C(=O)c1sc2cccc(F)c2c1COC)C1CCS(=O)(=O)C1. The maximum Gasteiger partial charge on any atom is 0.264 e. The molecule has 2 aromatic rings. The summed E-state index contributed by atoms with van der Waals surface area (Å²) in [6.07, 6.45) is 1.17. The first kappa shape index (κ1) is 19.3. The van der Waals surface area contributed by atoms with Gasteiger partial charge in [-0.3, -0.25) is 4.79 Å². The molecule has 1 aliphatic heterocycles. The summed E-state index contributed by atoms with van der Waals surface area (Å²) in [5, 5.41) is 0.415. The standard InChI is InChI=1S/C18H22FNO4S2/c1-3-8-20(12-7-9-26(22,23)11-12)18(21)17-13(10-24-2)16-14(19)5-4-6-15(16)25-17/h4-6,12H,3,7-11H2,1-2H3. The molecule has 0 N–H and O–H groups in total. The zero-order chi connectivity index (χ0) is 18.9. The van der Waals surface area contributed by atoms with E-state index in [-0.39, 0.29) is 35.9 Å². The Morgan fingerprint density at radius 2 is 2.19 bits per heavy atom. The molecule has 0 radical (unpaired) electrons. The van der Waals surface area contributed by atoms with Crippen LogP contribution in [-0.2, 0) is 21.2 Å². The van der Waals surface area contributed by atoms with Crippen molar-refractivity contribution >= 4 is 37.2 Å². The molecule has 1 aromatic carbocycles. The maximum atomic E-state index is 14.3. The van der Waals surface area contributed by atoms with E-state index >= 15 is 0 Å². The van der Waals surface area contributed by atoms with E-state index < -0.39 is 9.84 Å². The van der Waals surface area contributed by atoms with Crippen LogP contribution in [0.2, 0.25) is 0 Å². The van der Waals surface area contributed by atoms with Crippen LogP contribution >= 0.6 is 11.3 Å². The third-order valence-electron chi connectivity index (χ3n) is 4.62. The monoisotopic (exact) mass is 399 g/mol. The Bertz CT molecular complexity index is 923. The zero-order valence-electron chi connectivity index (χ0n) is 14.8. The molecule has 8 heteroatoms. The molecule has 1 aliphatic rings. The largest absolute Gasteiger partial charge is 0.380 e. The van der Waals surface area contributed by atoms with Crippen molar-refractivity contribution in [2.45, 2.75) is 32.4 Å². The first-order valence-electron chi connectivity index (χ1n) is 8.58. The minimum absolute atomic E-state index is 0.00237. The molecule has 0 aliphatic carbocycles. The van der Waals surface area contributed by atoms with Gasteiger partial charge in [-0.25, -0.2) is 12.8 Å². The molecule has 142 valence electrons. The van der Waals surface area contributed by atoms with Crippen LogP contribution in [0.5, 0.6) is 0 Å². The molecule has 26 heavy (non-hydrogen) atoms. The molecule has 1 atom stereocenters. The number of benzene rings is 1. The van der Waals surface area contributed by atoms with Crippen molar-refractivity contribution < 1.29 is 22.3 Å². The molecule has 0 bridgehead atoms. The number of methoxy groups -OCH3 is 1. The summed E-state index contributed by atoms with van der Waals surface area (Å²) in [5.41, 5.74) is 0.539. The van der Waals surface area contributed by atoms with Crippen molar-refractivity contribution in [1.29, 1.82) is 0 Å². The van der Waals surface area contributed by atoms with E-state index in [4.69, 9.17) is 4.74 Å². The number of rotatable bonds is 6. The van der Waals surface area contributed by atoms with Crippen molar-refractivity contribution in [1.82, 2.24) is 4.90 Å². The predicted molar refractivity (Wildman–Crippen MR) is 101 cm³/mol. The van der Waals surface area contributed by atoms with Crippen LogP contribution < -0.4 is 0 Å². The van der Waals surface area contributed by atoms with E-state index in [9.17, 15) is 17.6 Å². The number of fused-ring (bicyclic) bond motifs is 1. The van der Waals surface area contributed by atoms with Crippen molar-refractivity contribution in [3.63, 3.8) is 0 Å². The van der Waals surface area contributed by atoms with Crippen LogP contribution in [0, 0.1) is 5.82 Å². The lowest BCUT2D eigenvalue weighted by Gasteiger charge is -2.28. The second kappa shape index (κ2) is 7.62. The predicted octanol–water partition coefficient (Wildman–Crippen LogP) is 3.23. The van der Waals surface area contributed by atoms with Crippen LogP contribution in [0.4, 0.5) is 4.39 Å². The lowest BCUT2D eigenvalue weighted by Crippen LogP contribution is -2.41. The topological polar surface area (TPSA) is 63.7 Å². The van der Waals surface area contributed by atoms with Crippen molar-refractivity contribution in [2.24, 2.45) is 0 Å². The Morgan fingerprint density at radius 3 is 2.81 bits per heavy atom. The second-order valence-electron chi connectivity index (χ2n) is 6.51. The smallest absolute Gasteiger partial charge is 0.264 e. The van der Waals surface area contributed by atoms with Crippen LogP contribution in [0.3, 0.4) is 0 Å². The van der Waals surface area contributed by atoms with Gasteiger partial charge in [0.1, 0.15) is 5.82 Å². The van der Waals surface area contributed by atoms with Gasteiger partial charge in [0.2, 0.25) is 0 Å². The molecule has 2 heterocycles. The number of amides is 1. The molecule has 3 rings (SSSR count). The Morgan fingerprint density at radius 1 is 1.42 bits per heavy atom. The van der Waals surface area contributed by atoms with Crippen LogP contribution in [0.25, 0.3) is 10.1 Å². The lowest BCUT2D eigenvalue weighted by molar-refractivity contribution is 0.0698. The first-order chi connectivity index (χ1) is 12.4. The average molecular weight is 400 g/mol. The minimum Gasteiger partial charge on any atom is -0.380 e. The van der Waals surface area contributed by atoms with Gasteiger partial charge in [-0.2, -0.15) is 0 Å². The van der Waals surface area contributed by atoms with E-state index in [2.05, 4.69) is 0 Å². The first-order valence-corrected chi connectivity index (χ1v) is 11.2. The molecule has 0 spiro atoms. The van der Waals surface area contributed by atoms with Crippen LogP contribution in [0.15, 0.2) is 18.2 Å². The van der Waals surface area contributed by atoms with Crippen molar-refractivity contribution in [3.8, 4) is 0 Å². The van der Waals surface area contributed by atoms with Gasteiger partial charge < -0.3 is 9.64 Å². The van der Waals surface area contributed by atoms with Gasteiger partial charge in [0.25, 0.3) is 5.91 Å². The Balaban J connectivity index is 2.04. The van der Waals surface area contributed by atoms with Crippen molar-refractivity contribution in [2.75, 3.05) is 25.2 Å². The van der Waals surface area contributed by atoms with Gasteiger partial charge in [0.15, 0.2) is 9.84 Å². The molecule has 1 unspecified atom stereocenters. The lowest BCUT2D eigenvalue weighted by atomic mass is 10.1. The van der Waals surface area contributed by atoms with E-state index in [0.717, 1.165) is 6.42 Å². The highest BCUT2D eigenvalue weighted by molar-refractivity contribution is 7.91. The molecular weight excluding hydrogens is 377 g/mol. The molecule has 1 aromatic heterocycles. The van der Waals surface area contributed by atoms with Gasteiger partial charge in [-0.05, 0) is 25.0 Å². The van der Waals surface area contributed by atoms with Gasteiger partial charge in [-0.15, -0.1) is 11.3 Å². The van der Waals surface area contributed by atoms with Gasteiger partial charge >= 0.3 is 0 Å². The van der Waals surface area contributed by atoms with E-state index in [1.165, 1.54) is 24.5 Å². The van der Waals surface area contributed by atoms with Crippen LogP contribution in [-0.4, -0.2) is 50.4 Å².